The van der Waals surface area contributed by atoms with E-state index in [0.717, 1.165) is 69.1 Å². The minimum Gasteiger partial charge on any atom is -0.391 e. The molecular formula is C35H53NO8S2. The second-order valence-electron chi connectivity index (χ2n) is 14.9. The Bertz CT molecular complexity index is 1160. The summed E-state index contributed by atoms with van der Waals surface area (Å²) in [6, 6.07) is 0. The fourth-order valence-corrected chi connectivity index (χ4v) is 11.4. The van der Waals surface area contributed by atoms with Gasteiger partial charge in [-0.15, -0.1) is 11.8 Å². The predicted molar refractivity (Wildman–Crippen MR) is 179 cm³/mol. The van der Waals surface area contributed by atoms with Gasteiger partial charge < -0.3 is 38.8 Å². The minimum atomic E-state index is -0.635. The van der Waals surface area contributed by atoms with E-state index in [0.29, 0.717) is 24.0 Å². The zero-order valence-corrected chi connectivity index (χ0v) is 29.2. The van der Waals surface area contributed by atoms with Gasteiger partial charge in [-0.1, -0.05) is 32.6 Å². The van der Waals surface area contributed by atoms with Crippen molar-refractivity contribution in [3.63, 3.8) is 0 Å². The zero-order chi connectivity index (χ0) is 32.2. The topological polar surface area (TPSA) is 105 Å². The molecule has 15 atom stereocenters. The van der Waals surface area contributed by atoms with Gasteiger partial charge in [0.1, 0.15) is 24.4 Å². The van der Waals surface area contributed by atoms with E-state index in [2.05, 4.69) is 25.7 Å². The van der Waals surface area contributed by atoms with Crippen LogP contribution in [0.15, 0.2) is 12.2 Å². The molecular weight excluding hydrogens is 627 g/mol. The molecule has 9 nitrogen and oxygen atoms in total. The molecule has 8 saturated heterocycles. The molecule has 8 heterocycles. The molecule has 0 aromatic carbocycles. The molecule has 258 valence electrons. The molecule has 4 unspecified atom stereocenters. The van der Waals surface area contributed by atoms with Crippen molar-refractivity contribution in [1.82, 2.24) is 5.32 Å². The zero-order valence-electron chi connectivity index (χ0n) is 27.6. The SMILES string of the molecule is C=C1C[C@H](CC[C@@]23CC4OC5C(O[C@H]6CC[C@H](CC(=S)C[C@@H]7C[C@@H](C[C@H](O)CNC(=O)CC)O[C@H]7C)SC6[C@@H]5O2)[C@H]4O3)O[C@H]1CC. The number of hydrogen-bond acceptors (Lipinski definition) is 10. The number of carbonyl (C=O) groups excluding carboxylic acids is 1. The number of carbonyl (C=O) groups is 1. The largest absolute Gasteiger partial charge is 0.391 e. The van der Waals surface area contributed by atoms with Gasteiger partial charge >= 0.3 is 0 Å². The lowest BCUT2D eigenvalue weighted by Crippen LogP contribution is -2.59. The monoisotopic (exact) mass is 679 g/mol. The number of aliphatic hydroxyl groups excluding tert-OH is 1. The Morgan fingerprint density at radius 3 is 2.63 bits per heavy atom. The highest BCUT2D eigenvalue weighted by atomic mass is 32.2. The van der Waals surface area contributed by atoms with Crippen molar-refractivity contribution in [3.05, 3.63) is 12.2 Å². The Morgan fingerprint density at radius 2 is 1.85 bits per heavy atom. The average Bonchev–Trinajstić information content (AvgIpc) is 3.71. The maximum atomic E-state index is 11.5. The van der Waals surface area contributed by atoms with Crippen molar-refractivity contribution >= 4 is 34.8 Å². The Morgan fingerprint density at radius 1 is 1.07 bits per heavy atom. The molecule has 11 heteroatoms. The van der Waals surface area contributed by atoms with Crippen LogP contribution in [-0.2, 0) is 33.2 Å². The van der Waals surface area contributed by atoms with Crippen LogP contribution in [0.1, 0.15) is 97.8 Å². The first kappa shape index (κ1) is 33.8. The number of hydrogen-bond donors (Lipinski definition) is 2. The number of rotatable bonds is 13. The number of thiocarbonyl (C=S) groups is 1. The van der Waals surface area contributed by atoms with Gasteiger partial charge in [-0.2, -0.15) is 0 Å². The van der Waals surface area contributed by atoms with Crippen LogP contribution >= 0.6 is 24.0 Å². The minimum absolute atomic E-state index is 0.0102. The van der Waals surface area contributed by atoms with Gasteiger partial charge in [0, 0.05) is 37.5 Å². The summed E-state index contributed by atoms with van der Waals surface area (Å²) in [6.45, 7) is 10.6. The summed E-state index contributed by atoms with van der Waals surface area (Å²) in [5.74, 6) is -0.332. The van der Waals surface area contributed by atoms with E-state index in [1.165, 1.54) is 5.57 Å². The average molecular weight is 680 g/mol. The van der Waals surface area contributed by atoms with E-state index < -0.39 is 11.9 Å². The van der Waals surface area contributed by atoms with Gasteiger partial charge in [0.05, 0.1) is 48.0 Å². The standard InChI is InChI=1S/C35H53NO8S2/c1-5-26-18(3)11-22(40-26)9-10-35-16-28-30(43-35)31-32(42-28)33(44-35)34-27(41-31)8-7-25(46-34)15-24(45)13-20-12-23(39-19(20)4)14-21(37)17-36-29(38)6-2/h19-23,25-28,30-34,37H,3,5-17H2,1-2,4H3,(H,36,38)/t19-,20-,21-,22-,23-,25+,26-,27-,28?,30-,31?,32?,33+,34?,35-/m0/s1. The molecule has 6 bridgehead atoms. The first-order chi connectivity index (χ1) is 22.1. The summed E-state index contributed by atoms with van der Waals surface area (Å²) >= 11 is 8.00. The van der Waals surface area contributed by atoms with Crippen LogP contribution < -0.4 is 5.32 Å². The third-order valence-corrected chi connectivity index (χ3v) is 13.5. The summed E-state index contributed by atoms with van der Waals surface area (Å²) < 4.78 is 39.7. The lowest BCUT2D eigenvalue weighted by molar-refractivity contribution is -0.251. The smallest absolute Gasteiger partial charge is 0.219 e. The van der Waals surface area contributed by atoms with Crippen LogP contribution in [0, 0.1) is 5.92 Å². The second kappa shape index (κ2) is 13.9. The highest BCUT2D eigenvalue weighted by Gasteiger charge is 2.68. The van der Waals surface area contributed by atoms with E-state index in [1.54, 1.807) is 0 Å². The summed E-state index contributed by atoms with van der Waals surface area (Å²) in [4.78, 5) is 12.7. The Labute approximate surface area is 283 Å². The number of aliphatic hydroxyl groups is 1. The quantitative estimate of drug-likeness (QED) is 0.209. The van der Waals surface area contributed by atoms with E-state index in [-0.39, 0.29) is 78.7 Å². The van der Waals surface area contributed by atoms with Crippen molar-refractivity contribution in [3.8, 4) is 0 Å². The highest BCUT2D eigenvalue weighted by Crippen LogP contribution is 2.56. The second-order valence-corrected chi connectivity index (χ2v) is 16.9. The van der Waals surface area contributed by atoms with Crippen LogP contribution in [0.25, 0.3) is 0 Å². The van der Waals surface area contributed by atoms with Crippen LogP contribution in [0.3, 0.4) is 0 Å². The van der Waals surface area contributed by atoms with Crippen LogP contribution in [0.5, 0.6) is 0 Å². The van der Waals surface area contributed by atoms with Crippen LogP contribution in [-0.4, -0.2) is 106 Å². The molecule has 1 amide bonds. The Hall–Kier alpha value is -0.630. The van der Waals surface area contributed by atoms with Crippen molar-refractivity contribution in [2.24, 2.45) is 5.92 Å². The van der Waals surface area contributed by atoms with E-state index >= 15 is 0 Å². The van der Waals surface area contributed by atoms with E-state index in [4.69, 9.17) is 40.6 Å². The molecule has 8 aliphatic rings. The fraction of sp³-hybridized carbons (Fsp3) is 0.886. The van der Waals surface area contributed by atoms with Gasteiger partial charge in [-0.05, 0) is 74.6 Å². The lowest BCUT2D eigenvalue weighted by atomic mass is 9.89. The summed E-state index contributed by atoms with van der Waals surface area (Å²) in [5.41, 5.74) is 1.21. The molecule has 0 saturated carbocycles. The number of ether oxygens (including phenoxy) is 6. The lowest BCUT2D eigenvalue weighted by Gasteiger charge is -2.47. The third kappa shape index (κ3) is 6.88. The van der Waals surface area contributed by atoms with Gasteiger partial charge in [-0.3, -0.25) is 4.79 Å². The molecule has 8 rings (SSSR count). The molecule has 0 aliphatic carbocycles. The van der Waals surface area contributed by atoms with E-state index in [1.807, 2.05) is 18.7 Å². The maximum Gasteiger partial charge on any atom is 0.219 e. The van der Waals surface area contributed by atoms with Gasteiger partial charge in [0.15, 0.2) is 5.79 Å². The molecule has 8 aliphatic heterocycles. The Balaban J connectivity index is 0.925. The molecule has 0 spiro atoms. The maximum absolute atomic E-state index is 11.5. The van der Waals surface area contributed by atoms with Gasteiger partial charge in [-0.25, -0.2) is 0 Å². The van der Waals surface area contributed by atoms with Crippen molar-refractivity contribution in [1.29, 1.82) is 0 Å². The molecule has 0 aromatic heterocycles. The predicted octanol–water partition coefficient (Wildman–Crippen LogP) is 4.79. The molecule has 46 heavy (non-hydrogen) atoms. The molecule has 0 radical (unpaired) electrons. The van der Waals surface area contributed by atoms with Gasteiger partial charge in [0.25, 0.3) is 0 Å². The summed E-state index contributed by atoms with van der Waals surface area (Å²) in [7, 11) is 0. The third-order valence-electron chi connectivity index (χ3n) is 11.5. The van der Waals surface area contributed by atoms with E-state index in [9.17, 15) is 9.90 Å². The first-order valence-corrected chi connectivity index (χ1v) is 19.3. The fourth-order valence-electron chi connectivity index (χ4n) is 9.14. The molecule has 0 aromatic rings. The Kier molecular flexibility index (Phi) is 10.3. The number of thioether (sulfide) groups is 1. The van der Waals surface area contributed by atoms with Gasteiger partial charge in [0.2, 0.25) is 5.91 Å². The van der Waals surface area contributed by atoms with Crippen molar-refractivity contribution in [2.45, 2.75) is 181 Å². The normalized spacial score (nSPS) is 46.3. The van der Waals surface area contributed by atoms with Crippen LogP contribution in [0.2, 0.25) is 0 Å². The van der Waals surface area contributed by atoms with Crippen molar-refractivity contribution < 1.29 is 38.3 Å². The van der Waals surface area contributed by atoms with Crippen molar-refractivity contribution in [2.75, 3.05) is 6.54 Å². The molecule has 8 fully saturated rings. The van der Waals surface area contributed by atoms with Crippen LogP contribution in [0.4, 0.5) is 0 Å². The highest BCUT2D eigenvalue weighted by molar-refractivity contribution is 8.00. The molecule has 2 N–H and O–H groups in total. The first-order valence-electron chi connectivity index (χ1n) is 17.9. The summed E-state index contributed by atoms with van der Waals surface area (Å²) in [6.07, 6.45) is 9.81. The number of fused-ring (bicyclic) bond motifs is 1. The number of nitrogens with one attached hydrogen (secondary N) is 1. The summed E-state index contributed by atoms with van der Waals surface area (Å²) in [5, 5.41) is 13.8. The number of amides is 1.